The molecule has 1 aliphatic rings. The summed E-state index contributed by atoms with van der Waals surface area (Å²) in [5.41, 5.74) is 0.936. The smallest absolute Gasteiger partial charge is 0.243 e. The highest BCUT2D eigenvalue weighted by molar-refractivity contribution is 7.89. The van der Waals surface area contributed by atoms with Crippen molar-refractivity contribution in [3.63, 3.8) is 0 Å². The van der Waals surface area contributed by atoms with Gasteiger partial charge in [0.1, 0.15) is 0 Å². The summed E-state index contributed by atoms with van der Waals surface area (Å²) in [6, 6.07) is 6.80. The molecule has 1 N–H and O–H groups in total. The van der Waals surface area contributed by atoms with Gasteiger partial charge in [0.05, 0.1) is 11.4 Å². The molecule has 0 unspecified atom stereocenters. The highest BCUT2D eigenvalue weighted by atomic mass is 32.2. The number of piperazine rings is 1. The number of hydrogen-bond acceptors (Lipinski definition) is 6. The fourth-order valence-corrected chi connectivity index (χ4v) is 5.27. The molecule has 1 aromatic carbocycles. The molecule has 1 aromatic rings. The zero-order valence-corrected chi connectivity index (χ0v) is 20.9. The molecule has 0 aliphatic carbocycles. The number of methoxy groups -OCH3 is 1. The van der Waals surface area contributed by atoms with Gasteiger partial charge in [0.15, 0.2) is 0 Å². The molecule has 0 aromatic heterocycles. The van der Waals surface area contributed by atoms with Gasteiger partial charge in [-0.2, -0.15) is 4.31 Å². The van der Waals surface area contributed by atoms with Gasteiger partial charge in [-0.15, -0.1) is 0 Å². The van der Waals surface area contributed by atoms with Gasteiger partial charge in [-0.25, -0.2) is 8.42 Å². The van der Waals surface area contributed by atoms with Crippen molar-refractivity contribution in [1.82, 2.24) is 19.4 Å². The number of benzene rings is 1. The van der Waals surface area contributed by atoms with E-state index in [2.05, 4.69) is 10.2 Å². The fraction of sp³-hybridized carbons (Fsp3) is 0.652. The van der Waals surface area contributed by atoms with E-state index >= 15 is 0 Å². The van der Waals surface area contributed by atoms with Crippen molar-refractivity contribution in [1.29, 1.82) is 0 Å². The Morgan fingerprint density at radius 2 is 1.70 bits per heavy atom. The van der Waals surface area contributed by atoms with E-state index in [1.54, 1.807) is 31.4 Å². The standard InChI is InChI=1S/C23H38N4O5S/c1-4-27(5-2)33(30,31)21-10-7-20(8-11-21)9-12-23(29)26-16-14-25(15-17-26)19-22(28)24-13-6-18-32-3/h7-8,10-11H,4-6,9,12-19H2,1-3H3,(H,24,28). The molecule has 10 heteroatoms. The molecule has 1 heterocycles. The van der Waals surface area contributed by atoms with E-state index in [-0.39, 0.29) is 16.7 Å². The maximum absolute atomic E-state index is 12.6. The summed E-state index contributed by atoms with van der Waals surface area (Å²) in [4.78, 5) is 28.8. The maximum Gasteiger partial charge on any atom is 0.243 e. The second-order valence-corrected chi connectivity index (χ2v) is 10.0. The Morgan fingerprint density at radius 1 is 1.06 bits per heavy atom. The van der Waals surface area contributed by atoms with Crippen molar-refractivity contribution >= 4 is 21.8 Å². The average Bonchev–Trinajstić information content (AvgIpc) is 2.81. The highest BCUT2D eigenvalue weighted by Gasteiger charge is 2.23. The van der Waals surface area contributed by atoms with Gasteiger partial charge in [0.25, 0.3) is 0 Å². The van der Waals surface area contributed by atoms with Gasteiger partial charge in [0.2, 0.25) is 21.8 Å². The van der Waals surface area contributed by atoms with Crippen molar-refractivity contribution in [3.8, 4) is 0 Å². The second kappa shape index (κ2) is 13.6. The second-order valence-electron chi connectivity index (χ2n) is 8.09. The molecule has 1 saturated heterocycles. The number of ether oxygens (including phenoxy) is 1. The number of hydrogen-bond donors (Lipinski definition) is 1. The van der Waals surface area contributed by atoms with Crippen LogP contribution >= 0.6 is 0 Å². The zero-order chi connectivity index (χ0) is 24.3. The molecule has 1 fully saturated rings. The van der Waals surface area contributed by atoms with Crippen LogP contribution < -0.4 is 5.32 Å². The van der Waals surface area contributed by atoms with Crippen LogP contribution in [0, 0.1) is 0 Å². The van der Waals surface area contributed by atoms with Gasteiger partial charge in [-0.1, -0.05) is 26.0 Å². The topological polar surface area (TPSA) is 99.3 Å². The van der Waals surface area contributed by atoms with Gasteiger partial charge in [0, 0.05) is 66.0 Å². The third kappa shape index (κ3) is 8.37. The van der Waals surface area contributed by atoms with Crippen LogP contribution in [0.2, 0.25) is 0 Å². The molecule has 2 amide bonds. The summed E-state index contributed by atoms with van der Waals surface area (Å²) >= 11 is 0. The van der Waals surface area contributed by atoms with Gasteiger partial charge in [-0.05, 0) is 30.5 Å². The Balaban J connectivity index is 1.74. The summed E-state index contributed by atoms with van der Waals surface area (Å²) in [6.07, 6.45) is 1.73. The molecule has 2 rings (SSSR count). The lowest BCUT2D eigenvalue weighted by Crippen LogP contribution is -2.51. The minimum absolute atomic E-state index is 0.00247. The summed E-state index contributed by atoms with van der Waals surface area (Å²) < 4.78 is 31.6. The van der Waals surface area contributed by atoms with E-state index < -0.39 is 10.0 Å². The average molecular weight is 483 g/mol. The van der Waals surface area contributed by atoms with Crippen LogP contribution in [-0.4, -0.2) is 100 Å². The molecule has 1 aliphatic heterocycles. The number of sulfonamides is 1. The van der Waals surface area contributed by atoms with Crippen molar-refractivity contribution in [2.45, 2.75) is 38.0 Å². The van der Waals surface area contributed by atoms with E-state index in [0.29, 0.717) is 71.8 Å². The highest BCUT2D eigenvalue weighted by Crippen LogP contribution is 2.17. The molecule has 0 saturated carbocycles. The van der Waals surface area contributed by atoms with Crippen LogP contribution in [0.4, 0.5) is 0 Å². The maximum atomic E-state index is 12.6. The lowest BCUT2D eigenvalue weighted by Gasteiger charge is -2.34. The largest absolute Gasteiger partial charge is 0.385 e. The van der Waals surface area contributed by atoms with Crippen LogP contribution in [-0.2, 0) is 30.8 Å². The molecule has 0 radical (unpaired) electrons. The molecule has 0 spiro atoms. The normalized spacial score (nSPS) is 15.1. The summed E-state index contributed by atoms with van der Waals surface area (Å²) in [5, 5.41) is 2.88. The predicted molar refractivity (Wildman–Crippen MR) is 127 cm³/mol. The fourth-order valence-electron chi connectivity index (χ4n) is 3.81. The van der Waals surface area contributed by atoms with Crippen LogP contribution in [0.5, 0.6) is 0 Å². The number of rotatable bonds is 13. The molecule has 33 heavy (non-hydrogen) atoms. The minimum Gasteiger partial charge on any atom is -0.385 e. The molecule has 9 nitrogen and oxygen atoms in total. The van der Waals surface area contributed by atoms with Gasteiger partial charge in [-0.3, -0.25) is 14.5 Å². The van der Waals surface area contributed by atoms with Crippen molar-refractivity contribution in [2.24, 2.45) is 0 Å². The van der Waals surface area contributed by atoms with E-state index in [0.717, 1.165) is 12.0 Å². The van der Waals surface area contributed by atoms with E-state index in [4.69, 9.17) is 4.74 Å². The molecular formula is C23H38N4O5S. The molecule has 0 bridgehead atoms. The summed E-state index contributed by atoms with van der Waals surface area (Å²) in [7, 11) is -1.83. The number of amides is 2. The number of nitrogens with zero attached hydrogens (tertiary/aromatic N) is 3. The monoisotopic (exact) mass is 482 g/mol. The SMILES string of the molecule is CCN(CC)S(=O)(=O)c1ccc(CCC(=O)N2CCN(CC(=O)NCCCOC)CC2)cc1. The Hall–Kier alpha value is -2.01. The lowest BCUT2D eigenvalue weighted by atomic mass is 10.1. The summed E-state index contributed by atoms with van der Waals surface area (Å²) in [5.74, 6) is 0.0795. The Labute approximate surface area is 198 Å². The Morgan fingerprint density at radius 3 is 2.27 bits per heavy atom. The van der Waals surface area contributed by atoms with Gasteiger partial charge < -0.3 is 15.0 Å². The van der Waals surface area contributed by atoms with Crippen LogP contribution in [0.1, 0.15) is 32.3 Å². The minimum atomic E-state index is -3.47. The summed E-state index contributed by atoms with van der Waals surface area (Å²) in [6.45, 7) is 8.65. The molecule has 186 valence electrons. The van der Waals surface area contributed by atoms with Crippen LogP contribution in [0.3, 0.4) is 0 Å². The van der Waals surface area contributed by atoms with Crippen molar-refractivity contribution in [2.75, 3.05) is 66.1 Å². The first-order valence-electron chi connectivity index (χ1n) is 11.7. The number of carbonyl (C=O) groups is 2. The van der Waals surface area contributed by atoms with Crippen molar-refractivity contribution in [3.05, 3.63) is 29.8 Å². The predicted octanol–water partition coefficient (Wildman–Crippen LogP) is 0.947. The molecular weight excluding hydrogens is 444 g/mol. The first-order chi connectivity index (χ1) is 15.8. The third-order valence-electron chi connectivity index (χ3n) is 5.83. The number of carbonyl (C=O) groups excluding carboxylic acids is 2. The third-order valence-corrected chi connectivity index (χ3v) is 7.90. The lowest BCUT2D eigenvalue weighted by molar-refractivity contribution is -0.133. The Bertz CT molecular complexity index is 848. The number of nitrogens with one attached hydrogen (secondary N) is 1. The van der Waals surface area contributed by atoms with E-state index in [1.165, 1.54) is 4.31 Å². The zero-order valence-electron chi connectivity index (χ0n) is 20.1. The number of aryl methyl sites for hydroxylation is 1. The van der Waals surface area contributed by atoms with Crippen LogP contribution in [0.15, 0.2) is 29.2 Å². The first-order valence-corrected chi connectivity index (χ1v) is 13.1. The van der Waals surface area contributed by atoms with Crippen LogP contribution in [0.25, 0.3) is 0 Å². The first kappa shape index (κ1) is 27.2. The molecule has 0 atom stereocenters. The van der Waals surface area contributed by atoms with E-state index in [9.17, 15) is 18.0 Å². The van der Waals surface area contributed by atoms with Gasteiger partial charge >= 0.3 is 0 Å². The quantitative estimate of drug-likeness (QED) is 0.420. The van der Waals surface area contributed by atoms with Crippen molar-refractivity contribution < 1.29 is 22.7 Å². The van der Waals surface area contributed by atoms with E-state index in [1.807, 2.05) is 18.7 Å². The Kier molecular flexibility index (Phi) is 11.3.